The maximum Gasteiger partial charge on any atom is 0.410 e. The zero-order chi connectivity index (χ0) is 20.1. The average Bonchev–Trinajstić information content (AvgIpc) is 3.04. The maximum absolute atomic E-state index is 11.5. The molecule has 2 atom stereocenters. The molecule has 0 aliphatic carbocycles. The molecular formula is C19H40N2O5S2. The Balaban J connectivity index is 0. The van der Waals surface area contributed by atoms with Crippen molar-refractivity contribution >= 4 is 39.2 Å². The molecule has 2 aliphatic heterocycles. The van der Waals surface area contributed by atoms with E-state index in [1.807, 2.05) is 41.5 Å². The zero-order valence-electron chi connectivity index (χ0n) is 18.4. The van der Waals surface area contributed by atoms with Gasteiger partial charge in [-0.2, -0.15) is 27.0 Å². The Kier molecular flexibility index (Phi) is 12.6. The van der Waals surface area contributed by atoms with Crippen LogP contribution in [-0.2, 0) is 9.47 Å². The third-order valence-electron chi connectivity index (χ3n) is 3.89. The highest BCUT2D eigenvalue weighted by atomic mass is 32.1. The molecule has 0 aromatic rings. The molecule has 28 heavy (non-hydrogen) atoms. The Hall–Kier alpha value is -0.800. The normalized spacial score (nSPS) is 21.7. The van der Waals surface area contributed by atoms with E-state index in [9.17, 15) is 14.7 Å². The van der Waals surface area contributed by atoms with Gasteiger partial charge in [0.2, 0.25) is 0 Å². The van der Waals surface area contributed by atoms with E-state index in [0.717, 1.165) is 19.5 Å². The molecule has 0 saturated carbocycles. The number of hydrogen-bond donors (Lipinski definition) is 1. The molecular weight excluding hydrogens is 400 g/mol. The van der Waals surface area contributed by atoms with E-state index < -0.39 is 5.60 Å². The number of carbonyl (C=O) groups excluding carboxylic acids is 2. The van der Waals surface area contributed by atoms with E-state index in [1.165, 1.54) is 4.90 Å². The van der Waals surface area contributed by atoms with Crippen molar-refractivity contribution in [3.63, 3.8) is 0 Å². The Morgan fingerprint density at radius 2 is 1.21 bits per heavy atom. The van der Waals surface area contributed by atoms with Gasteiger partial charge in [0.15, 0.2) is 0 Å². The van der Waals surface area contributed by atoms with Gasteiger partial charge in [-0.1, -0.05) is 6.92 Å². The Labute approximate surface area is 184 Å². The average molecular weight is 441 g/mol. The molecule has 2 fully saturated rings. The highest BCUT2D eigenvalue weighted by molar-refractivity contribution is 7.59. The van der Waals surface area contributed by atoms with Crippen LogP contribution in [-0.4, -0.2) is 70.6 Å². The van der Waals surface area contributed by atoms with Crippen molar-refractivity contribution in [3.8, 4) is 0 Å². The fraction of sp³-hybridized carbons (Fsp3) is 0.895. The van der Waals surface area contributed by atoms with Crippen LogP contribution in [0, 0.1) is 5.92 Å². The molecule has 1 N–H and O–H groups in total. The van der Waals surface area contributed by atoms with Gasteiger partial charge in [-0.15, -0.1) is 0 Å². The van der Waals surface area contributed by atoms with Crippen molar-refractivity contribution < 1.29 is 24.2 Å². The number of carbonyl (C=O) groups is 2. The van der Waals surface area contributed by atoms with E-state index in [0.29, 0.717) is 25.4 Å². The van der Waals surface area contributed by atoms with Crippen LogP contribution in [0.2, 0.25) is 0 Å². The minimum atomic E-state index is -0.454. The van der Waals surface area contributed by atoms with Crippen molar-refractivity contribution in [3.05, 3.63) is 0 Å². The lowest BCUT2D eigenvalue weighted by molar-refractivity contribution is 0.0266. The van der Waals surface area contributed by atoms with Gasteiger partial charge in [0.25, 0.3) is 0 Å². The monoisotopic (exact) mass is 440 g/mol. The standard InChI is InChI=1S/C10H19NO2.C9H17NO3.2H2S/c1-8-5-6-11(7-8)9(12)13-10(2,3)4;1-9(2,3)13-8(12)10-5-4-7(11)6-10;;/h8H,5-7H2,1-4H3;7,11H,4-6H2,1-3H3;2*1H2/t8-;7-;;/m00../s1. The first-order valence-electron chi connectivity index (χ1n) is 9.41. The highest BCUT2D eigenvalue weighted by Crippen LogP contribution is 2.18. The molecule has 0 spiro atoms. The van der Waals surface area contributed by atoms with E-state index in [1.54, 1.807) is 4.90 Å². The number of nitrogens with zero attached hydrogens (tertiary/aromatic N) is 2. The molecule has 7 nitrogen and oxygen atoms in total. The molecule has 0 unspecified atom stereocenters. The molecule has 9 heteroatoms. The van der Waals surface area contributed by atoms with Gasteiger partial charge < -0.3 is 24.4 Å². The number of aliphatic hydroxyl groups is 1. The van der Waals surface area contributed by atoms with Crippen LogP contribution in [0.3, 0.4) is 0 Å². The smallest absolute Gasteiger partial charge is 0.410 e. The number of hydrogen-bond acceptors (Lipinski definition) is 5. The molecule has 0 aromatic heterocycles. The van der Waals surface area contributed by atoms with Gasteiger partial charge in [-0.25, -0.2) is 9.59 Å². The van der Waals surface area contributed by atoms with Crippen molar-refractivity contribution in [2.75, 3.05) is 26.2 Å². The summed E-state index contributed by atoms with van der Waals surface area (Å²) in [6.45, 7) is 16.0. The molecule has 168 valence electrons. The number of aliphatic hydroxyl groups excluding tert-OH is 1. The summed E-state index contributed by atoms with van der Waals surface area (Å²) in [5, 5.41) is 9.20. The molecule has 0 bridgehead atoms. The fourth-order valence-electron chi connectivity index (χ4n) is 2.66. The minimum Gasteiger partial charge on any atom is -0.444 e. The summed E-state index contributed by atoms with van der Waals surface area (Å²) in [5.74, 6) is 0.618. The molecule has 2 heterocycles. The van der Waals surface area contributed by atoms with Crippen LogP contribution in [0.1, 0.15) is 61.3 Å². The van der Waals surface area contributed by atoms with Gasteiger partial charge in [0, 0.05) is 26.2 Å². The second kappa shape index (κ2) is 12.0. The maximum atomic E-state index is 11.5. The predicted molar refractivity (Wildman–Crippen MR) is 121 cm³/mol. The zero-order valence-corrected chi connectivity index (χ0v) is 20.4. The summed E-state index contributed by atoms with van der Waals surface area (Å²) in [5.41, 5.74) is -0.826. The van der Waals surface area contributed by atoms with Crippen molar-refractivity contribution in [2.45, 2.75) is 78.6 Å². The fourth-order valence-corrected chi connectivity index (χ4v) is 2.66. The summed E-state index contributed by atoms with van der Waals surface area (Å²) in [6, 6.07) is 0. The number of likely N-dealkylation sites (tertiary alicyclic amines) is 2. The van der Waals surface area contributed by atoms with Gasteiger partial charge in [-0.05, 0) is 60.3 Å². The lowest BCUT2D eigenvalue weighted by Gasteiger charge is -2.24. The van der Waals surface area contributed by atoms with Crippen molar-refractivity contribution in [1.29, 1.82) is 0 Å². The molecule has 2 aliphatic rings. The molecule has 0 aromatic carbocycles. The summed E-state index contributed by atoms with van der Waals surface area (Å²) in [4.78, 5) is 26.2. The highest BCUT2D eigenvalue weighted by Gasteiger charge is 2.28. The van der Waals surface area contributed by atoms with Crippen molar-refractivity contribution in [2.24, 2.45) is 5.92 Å². The first-order valence-corrected chi connectivity index (χ1v) is 9.41. The van der Waals surface area contributed by atoms with Gasteiger partial charge in [0.05, 0.1) is 6.10 Å². The van der Waals surface area contributed by atoms with Crippen LogP contribution in [0.5, 0.6) is 0 Å². The summed E-state index contributed by atoms with van der Waals surface area (Å²) in [7, 11) is 0. The lowest BCUT2D eigenvalue weighted by atomic mass is 10.2. The second-order valence-corrected chi connectivity index (χ2v) is 9.19. The quantitative estimate of drug-likeness (QED) is 0.624. The third kappa shape index (κ3) is 11.9. The molecule has 2 saturated heterocycles. The van der Waals surface area contributed by atoms with Gasteiger partial charge in [-0.3, -0.25) is 0 Å². The van der Waals surface area contributed by atoms with E-state index in [2.05, 4.69) is 6.92 Å². The summed E-state index contributed by atoms with van der Waals surface area (Å²) in [6.07, 6.45) is 0.867. The molecule has 2 rings (SSSR count). The largest absolute Gasteiger partial charge is 0.444 e. The Morgan fingerprint density at radius 3 is 1.50 bits per heavy atom. The number of amides is 2. The van der Waals surface area contributed by atoms with Crippen LogP contribution < -0.4 is 0 Å². The van der Waals surface area contributed by atoms with Gasteiger partial charge >= 0.3 is 12.2 Å². The van der Waals surface area contributed by atoms with Gasteiger partial charge in [0.1, 0.15) is 11.2 Å². The SMILES string of the molecule is CC(C)(C)OC(=O)N1CC[C@H](O)C1.C[C@H]1CCN(C(=O)OC(C)(C)C)C1.S.S. The Morgan fingerprint density at radius 1 is 0.821 bits per heavy atom. The third-order valence-corrected chi connectivity index (χ3v) is 3.89. The van der Waals surface area contributed by atoms with Crippen LogP contribution in [0.15, 0.2) is 0 Å². The van der Waals surface area contributed by atoms with Crippen LogP contribution >= 0.6 is 27.0 Å². The number of ether oxygens (including phenoxy) is 2. The summed E-state index contributed by atoms with van der Waals surface area (Å²) < 4.78 is 10.4. The first-order chi connectivity index (χ1) is 11.8. The topological polar surface area (TPSA) is 79.3 Å². The van der Waals surface area contributed by atoms with Crippen LogP contribution in [0.25, 0.3) is 0 Å². The number of rotatable bonds is 0. The van der Waals surface area contributed by atoms with Crippen molar-refractivity contribution in [1.82, 2.24) is 9.80 Å². The predicted octanol–water partition coefficient (Wildman–Crippen LogP) is 3.48. The van der Waals surface area contributed by atoms with E-state index >= 15 is 0 Å². The van der Waals surface area contributed by atoms with Crippen LogP contribution in [0.4, 0.5) is 9.59 Å². The van der Waals surface area contributed by atoms with E-state index in [4.69, 9.17) is 9.47 Å². The minimum absolute atomic E-state index is 0. The second-order valence-electron chi connectivity index (χ2n) is 9.19. The Bertz CT molecular complexity index is 448. The van der Waals surface area contributed by atoms with E-state index in [-0.39, 0.29) is 50.9 Å². The number of β-amino-alcohol motifs (C(OH)–C–C–N with tert-alkyl or cyclic N) is 1. The molecule has 0 radical (unpaired) electrons. The first kappa shape index (κ1) is 29.4. The summed E-state index contributed by atoms with van der Waals surface area (Å²) >= 11 is 0. The lowest BCUT2D eigenvalue weighted by Crippen LogP contribution is -2.35. The molecule has 2 amide bonds.